The molecule has 6 heterocycles. The van der Waals surface area contributed by atoms with E-state index in [-0.39, 0.29) is 0 Å². The SMILES string of the molecule is c1ccc(-c2nc(-c3ccccc3)nc(-c3ccc(-c4c(-c5ccc6sc7ccccc7c6c5)c(-n5c6ccccc6c6ccccc65)nc(-n5c6ccccc6c6ccccc65)c4-n4c5ccccc5c5ccccc54)cc3)n2)cc1. The molecule has 0 fully saturated rings. The van der Waals surface area contributed by atoms with E-state index in [4.69, 9.17) is 19.9 Å². The van der Waals surface area contributed by atoms with Crippen LogP contribution in [0.4, 0.5) is 0 Å². The number of pyridine rings is 1. The van der Waals surface area contributed by atoms with Crippen LogP contribution >= 0.6 is 11.3 Å². The number of rotatable bonds is 8. The van der Waals surface area contributed by atoms with E-state index in [0.29, 0.717) is 17.5 Å². The fourth-order valence-electron chi connectivity index (χ4n) is 12.7. The van der Waals surface area contributed by atoms with Crippen molar-refractivity contribution < 1.29 is 0 Å². The van der Waals surface area contributed by atoms with Crippen molar-refractivity contribution in [2.75, 3.05) is 0 Å². The second-order valence-corrected chi connectivity index (χ2v) is 22.0. The van der Waals surface area contributed by atoms with Crippen molar-refractivity contribution in [3.05, 3.63) is 273 Å². The molecule has 0 aliphatic carbocycles. The van der Waals surface area contributed by atoms with E-state index in [9.17, 15) is 0 Å². The summed E-state index contributed by atoms with van der Waals surface area (Å²) in [6.07, 6.45) is 0. The van der Waals surface area contributed by atoms with Crippen LogP contribution < -0.4 is 0 Å². The van der Waals surface area contributed by atoms with Crippen LogP contribution in [-0.2, 0) is 0 Å². The Morgan fingerprint density at radius 2 is 0.573 bits per heavy atom. The van der Waals surface area contributed by atoms with E-state index in [2.05, 4.69) is 250 Å². The summed E-state index contributed by atoms with van der Waals surface area (Å²) in [6, 6.07) is 97.8. The number of hydrogen-bond donors (Lipinski definition) is 0. The molecule has 17 aromatic rings. The number of nitrogens with zero attached hydrogens (tertiary/aromatic N) is 7. The highest BCUT2D eigenvalue weighted by atomic mass is 32.1. The maximum Gasteiger partial charge on any atom is 0.165 e. The van der Waals surface area contributed by atoms with Crippen LogP contribution in [0.5, 0.6) is 0 Å². The Bertz CT molecular complexity index is 5180. The van der Waals surface area contributed by atoms with E-state index >= 15 is 0 Å². The number of aromatic nitrogens is 7. The molecule has 0 aliphatic heterocycles. The van der Waals surface area contributed by atoms with Gasteiger partial charge in [-0.15, -0.1) is 11.3 Å². The molecule has 11 aromatic carbocycles. The molecule has 0 amide bonds. The van der Waals surface area contributed by atoms with Crippen LogP contribution in [0.2, 0.25) is 0 Å². The number of thiophene rings is 1. The molecule has 6 aromatic heterocycles. The van der Waals surface area contributed by atoms with E-state index in [0.717, 1.165) is 122 Å². The largest absolute Gasteiger partial charge is 0.305 e. The van der Waals surface area contributed by atoms with E-state index in [1.54, 1.807) is 0 Å². The fourth-order valence-corrected chi connectivity index (χ4v) is 13.8. The van der Waals surface area contributed by atoms with Crippen molar-refractivity contribution in [1.82, 2.24) is 33.6 Å². The first kappa shape index (κ1) is 46.1. The Morgan fingerprint density at radius 1 is 0.232 bits per heavy atom. The highest BCUT2D eigenvalue weighted by Crippen LogP contribution is 2.50. The van der Waals surface area contributed by atoms with Crippen molar-refractivity contribution in [3.63, 3.8) is 0 Å². The molecule has 0 saturated carbocycles. The second kappa shape index (κ2) is 18.4. The van der Waals surface area contributed by atoms with Crippen LogP contribution in [-0.4, -0.2) is 33.6 Å². The molecule has 7 nitrogen and oxygen atoms in total. The minimum Gasteiger partial charge on any atom is -0.305 e. The summed E-state index contributed by atoms with van der Waals surface area (Å²) < 4.78 is 9.81. The molecule has 17 rings (SSSR count). The van der Waals surface area contributed by atoms with Crippen LogP contribution in [0, 0.1) is 0 Å². The lowest BCUT2D eigenvalue weighted by molar-refractivity contribution is 0.987. The average Bonchev–Trinajstić information content (AvgIpc) is 2.53. The average molecular weight is 1060 g/mol. The second-order valence-electron chi connectivity index (χ2n) is 20.9. The molecule has 0 unspecified atom stereocenters. The van der Waals surface area contributed by atoms with Crippen LogP contribution in [0.15, 0.2) is 273 Å². The zero-order valence-electron chi connectivity index (χ0n) is 44.0. The molecule has 0 bridgehead atoms. The molecule has 0 saturated heterocycles. The Labute approximate surface area is 474 Å². The van der Waals surface area contributed by atoms with Gasteiger partial charge in [-0.1, -0.05) is 218 Å². The minimum atomic E-state index is 0.587. The van der Waals surface area contributed by atoms with Gasteiger partial charge in [-0.05, 0) is 65.7 Å². The first-order valence-electron chi connectivity index (χ1n) is 27.6. The van der Waals surface area contributed by atoms with E-state index in [1.165, 1.54) is 20.2 Å². The Kier molecular flexibility index (Phi) is 10.3. The summed E-state index contributed by atoms with van der Waals surface area (Å²) in [6.45, 7) is 0. The zero-order chi connectivity index (χ0) is 53.8. The molecule has 0 atom stereocenters. The van der Waals surface area contributed by atoms with Gasteiger partial charge in [0.05, 0.1) is 38.8 Å². The number of benzene rings is 11. The molecule has 82 heavy (non-hydrogen) atoms. The van der Waals surface area contributed by atoms with Gasteiger partial charge < -0.3 is 4.57 Å². The highest BCUT2D eigenvalue weighted by Gasteiger charge is 2.31. The number of hydrogen-bond acceptors (Lipinski definition) is 5. The van der Waals surface area contributed by atoms with Crippen molar-refractivity contribution in [1.29, 1.82) is 0 Å². The molecule has 0 aliphatic rings. The van der Waals surface area contributed by atoms with Crippen molar-refractivity contribution >= 4 is 96.9 Å². The monoisotopic (exact) mass is 1060 g/mol. The van der Waals surface area contributed by atoms with E-state index < -0.39 is 0 Å². The Balaban J connectivity index is 1.07. The van der Waals surface area contributed by atoms with Gasteiger partial charge in [0.25, 0.3) is 0 Å². The molecule has 382 valence electrons. The molecule has 8 heteroatoms. The third kappa shape index (κ3) is 7.08. The first-order chi connectivity index (χ1) is 40.7. The molecule has 0 radical (unpaired) electrons. The van der Waals surface area contributed by atoms with Gasteiger partial charge in [0.2, 0.25) is 0 Å². The topological polar surface area (TPSA) is 66.3 Å². The zero-order valence-corrected chi connectivity index (χ0v) is 44.8. The lowest BCUT2D eigenvalue weighted by Crippen LogP contribution is -2.13. The third-order valence-electron chi connectivity index (χ3n) is 16.3. The van der Waals surface area contributed by atoms with Crippen LogP contribution in [0.25, 0.3) is 159 Å². The standard InChI is InChI=1S/C74H45N7S/c1-3-21-47(22-4-1)70-75-71(48-23-5-2-6-24-48)77-72(76-70)49-41-39-46(40-42-49)67-68(50-43-44-66-58(45-50)57-31-13-20-38-65(57)82-66)73(80-61-34-16-9-27-53(61)54-28-10-17-35-62(54)80)78-74(81-63-36-18-11-29-55(63)56-30-12-19-37-64(56)81)69(67)79-59-32-14-7-25-51(59)52-26-8-15-33-60(52)79/h1-45H. The van der Waals surface area contributed by atoms with Gasteiger partial charge in [0.1, 0.15) is 5.82 Å². The lowest BCUT2D eigenvalue weighted by Gasteiger charge is -2.26. The van der Waals surface area contributed by atoms with Gasteiger partial charge in [0.15, 0.2) is 23.3 Å². The predicted octanol–water partition coefficient (Wildman–Crippen LogP) is 19.3. The van der Waals surface area contributed by atoms with Gasteiger partial charge in [-0.2, -0.15) is 0 Å². The summed E-state index contributed by atoms with van der Waals surface area (Å²) in [5.41, 5.74) is 14.1. The van der Waals surface area contributed by atoms with Crippen molar-refractivity contribution in [2.24, 2.45) is 0 Å². The van der Waals surface area contributed by atoms with Crippen LogP contribution in [0.3, 0.4) is 0 Å². The Hall–Kier alpha value is -10.8. The minimum absolute atomic E-state index is 0.587. The maximum atomic E-state index is 6.34. The summed E-state index contributed by atoms with van der Waals surface area (Å²) in [5, 5.41) is 9.36. The number of para-hydroxylation sites is 6. The van der Waals surface area contributed by atoms with Gasteiger partial charge >= 0.3 is 0 Å². The number of fused-ring (bicyclic) bond motifs is 12. The summed E-state index contributed by atoms with van der Waals surface area (Å²) >= 11 is 1.83. The molecule has 0 spiro atoms. The smallest absolute Gasteiger partial charge is 0.165 e. The Morgan fingerprint density at radius 3 is 1.04 bits per heavy atom. The molecular formula is C74H45N7S. The maximum absolute atomic E-state index is 6.34. The van der Waals surface area contributed by atoms with Crippen molar-refractivity contribution in [2.45, 2.75) is 0 Å². The quantitative estimate of drug-likeness (QED) is 0.152. The third-order valence-corrected chi connectivity index (χ3v) is 17.5. The van der Waals surface area contributed by atoms with Crippen LogP contribution in [0.1, 0.15) is 0 Å². The van der Waals surface area contributed by atoms with Gasteiger partial charge in [0, 0.05) is 80.3 Å². The first-order valence-corrected chi connectivity index (χ1v) is 28.4. The highest BCUT2D eigenvalue weighted by molar-refractivity contribution is 7.25. The summed E-state index contributed by atoms with van der Waals surface area (Å²) in [4.78, 5) is 21.8. The van der Waals surface area contributed by atoms with Crippen molar-refractivity contribution in [3.8, 4) is 73.7 Å². The fraction of sp³-hybridized carbons (Fsp3) is 0. The van der Waals surface area contributed by atoms with Gasteiger partial charge in [-0.3, -0.25) is 9.13 Å². The lowest BCUT2D eigenvalue weighted by atomic mass is 9.91. The normalized spacial score (nSPS) is 11.9. The molecule has 0 N–H and O–H groups in total. The molecular weight excluding hydrogens is 1020 g/mol. The summed E-state index contributed by atoms with van der Waals surface area (Å²) in [5.74, 6) is 3.42. The predicted molar refractivity (Wildman–Crippen MR) is 341 cm³/mol. The summed E-state index contributed by atoms with van der Waals surface area (Å²) in [7, 11) is 0. The van der Waals surface area contributed by atoms with Gasteiger partial charge in [-0.25, -0.2) is 19.9 Å². The van der Waals surface area contributed by atoms with E-state index in [1.807, 2.05) is 47.7 Å².